The third-order valence-electron chi connectivity index (χ3n) is 4.48. The molecule has 0 radical (unpaired) electrons. The molecule has 0 saturated carbocycles. The van der Waals surface area contributed by atoms with Crippen LogP contribution in [0.3, 0.4) is 0 Å². The van der Waals surface area contributed by atoms with E-state index in [4.69, 9.17) is 0 Å². The Morgan fingerprint density at radius 2 is 1.82 bits per heavy atom. The van der Waals surface area contributed by atoms with Crippen molar-refractivity contribution in [1.82, 2.24) is 14.8 Å². The van der Waals surface area contributed by atoms with E-state index in [1.807, 2.05) is 62.1 Å². The quantitative estimate of drug-likeness (QED) is 0.616. The highest BCUT2D eigenvalue weighted by Crippen LogP contribution is 2.25. The highest BCUT2D eigenvalue weighted by molar-refractivity contribution is 7.99. The second kappa shape index (κ2) is 8.93. The number of amides is 1. The van der Waals surface area contributed by atoms with E-state index < -0.39 is 0 Å². The molecule has 1 amide bonds. The Kier molecular flexibility index (Phi) is 6.36. The molecule has 0 atom stereocenters. The Balaban J connectivity index is 1.65. The second-order valence-corrected chi connectivity index (χ2v) is 7.60. The summed E-state index contributed by atoms with van der Waals surface area (Å²) in [7, 11) is 5.94. The van der Waals surface area contributed by atoms with Crippen molar-refractivity contribution < 1.29 is 4.79 Å². The van der Waals surface area contributed by atoms with E-state index in [0.717, 1.165) is 34.7 Å². The van der Waals surface area contributed by atoms with Crippen LogP contribution in [0.5, 0.6) is 0 Å². The van der Waals surface area contributed by atoms with E-state index in [0.29, 0.717) is 5.16 Å². The molecule has 1 N–H and O–H groups in total. The summed E-state index contributed by atoms with van der Waals surface area (Å²) in [6.45, 7) is 2.08. The average molecular weight is 396 g/mol. The maximum absolute atomic E-state index is 12.3. The van der Waals surface area contributed by atoms with E-state index in [2.05, 4.69) is 39.5 Å². The molecule has 0 aliphatic rings. The third-order valence-corrected chi connectivity index (χ3v) is 5.50. The summed E-state index contributed by atoms with van der Waals surface area (Å²) in [5.74, 6) is 1.01. The number of hydrogen-bond acceptors (Lipinski definition) is 5. The van der Waals surface area contributed by atoms with Gasteiger partial charge in [-0.3, -0.25) is 4.79 Å². The molecule has 2 aromatic carbocycles. The van der Waals surface area contributed by atoms with Crippen LogP contribution >= 0.6 is 11.8 Å². The van der Waals surface area contributed by atoms with E-state index >= 15 is 0 Å². The molecule has 1 heterocycles. The van der Waals surface area contributed by atoms with Crippen molar-refractivity contribution in [3.8, 4) is 11.4 Å². The molecular formula is C21H25N5OS. The van der Waals surface area contributed by atoms with Crippen molar-refractivity contribution in [3.05, 3.63) is 54.1 Å². The van der Waals surface area contributed by atoms with Crippen LogP contribution in [-0.4, -0.2) is 40.5 Å². The summed E-state index contributed by atoms with van der Waals surface area (Å²) >= 11 is 1.38. The zero-order valence-corrected chi connectivity index (χ0v) is 17.5. The molecule has 1 aromatic heterocycles. The molecule has 28 heavy (non-hydrogen) atoms. The summed E-state index contributed by atoms with van der Waals surface area (Å²) in [5.41, 5.74) is 4.12. The van der Waals surface area contributed by atoms with Gasteiger partial charge < -0.3 is 14.8 Å². The van der Waals surface area contributed by atoms with E-state index in [9.17, 15) is 4.79 Å². The van der Waals surface area contributed by atoms with Gasteiger partial charge in [-0.25, -0.2) is 0 Å². The standard InChI is InChI=1S/C21H25N5OS/c1-5-15-8-6-7-9-18(15)22-19(27)14-28-21-24-23-20(26(21)4)16-10-12-17(13-11-16)25(2)3/h6-13H,5,14H2,1-4H3,(H,22,27). The van der Waals surface area contributed by atoms with E-state index in [1.54, 1.807) is 0 Å². The molecular weight excluding hydrogens is 370 g/mol. The number of aromatic nitrogens is 3. The maximum Gasteiger partial charge on any atom is 0.234 e. The van der Waals surface area contributed by atoms with Gasteiger partial charge in [-0.15, -0.1) is 10.2 Å². The number of benzene rings is 2. The Bertz CT molecular complexity index is 950. The van der Waals surface area contributed by atoms with Crippen molar-refractivity contribution in [2.45, 2.75) is 18.5 Å². The Morgan fingerprint density at radius 3 is 2.50 bits per heavy atom. The fourth-order valence-electron chi connectivity index (χ4n) is 2.87. The summed E-state index contributed by atoms with van der Waals surface area (Å²) in [4.78, 5) is 14.4. The molecule has 0 bridgehead atoms. The number of rotatable bonds is 7. The van der Waals surface area contributed by atoms with Crippen molar-refractivity contribution >= 4 is 29.0 Å². The minimum absolute atomic E-state index is 0.0502. The van der Waals surface area contributed by atoms with Crippen LogP contribution in [0.4, 0.5) is 11.4 Å². The molecule has 0 aliphatic heterocycles. The van der Waals surface area contributed by atoms with Gasteiger partial charge in [0.25, 0.3) is 0 Å². The predicted octanol–water partition coefficient (Wildman–Crippen LogP) is 3.84. The number of carbonyl (C=O) groups is 1. The number of thioether (sulfide) groups is 1. The normalized spacial score (nSPS) is 10.7. The van der Waals surface area contributed by atoms with E-state index in [-0.39, 0.29) is 11.7 Å². The van der Waals surface area contributed by atoms with Gasteiger partial charge in [0.05, 0.1) is 5.75 Å². The largest absolute Gasteiger partial charge is 0.378 e. The van der Waals surface area contributed by atoms with Crippen molar-refractivity contribution in [3.63, 3.8) is 0 Å². The number of para-hydroxylation sites is 1. The minimum atomic E-state index is -0.0502. The number of hydrogen-bond donors (Lipinski definition) is 1. The molecule has 0 fully saturated rings. The summed E-state index contributed by atoms with van der Waals surface area (Å²) < 4.78 is 1.92. The first kappa shape index (κ1) is 19.9. The number of nitrogens with zero attached hydrogens (tertiary/aromatic N) is 4. The van der Waals surface area contributed by atoms with Crippen molar-refractivity contribution in [2.75, 3.05) is 30.1 Å². The number of anilines is 2. The van der Waals surface area contributed by atoms with Gasteiger partial charge in [-0.2, -0.15) is 0 Å². The first-order chi connectivity index (χ1) is 13.5. The van der Waals surface area contributed by atoms with Gasteiger partial charge in [0.15, 0.2) is 11.0 Å². The van der Waals surface area contributed by atoms with Gasteiger partial charge in [-0.05, 0) is 42.3 Å². The Morgan fingerprint density at radius 1 is 1.11 bits per heavy atom. The fourth-order valence-corrected chi connectivity index (χ4v) is 3.58. The van der Waals surface area contributed by atoms with Gasteiger partial charge in [0.2, 0.25) is 5.91 Å². The fraction of sp³-hybridized carbons (Fsp3) is 0.286. The Labute approximate surface area is 170 Å². The van der Waals surface area contributed by atoms with Crippen LogP contribution in [0.15, 0.2) is 53.7 Å². The lowest BCUT2D eigenvalue weighted by Crippen LogP contribution is -2.15. The van der Waals surface area contributed by atoms with E-state index in [1.165, 1.54) is 11.8 Å². The lowest BCUT2D eigenvalue weighted by atomic mass is 10.1. The first-order valence-electron chi connectivity index (χ1n) is 9.17. The summed E-state index contributed by atoms with van der Waals surface area (Å²) in [6, 6.07) is 16.0. The number of carbonyl (C=O) groups excluding carboxylic acids is 1. The lowest BCUT2D eigenvalue weighted by molar-refractivity contribution is -0.113. The van der Waals surface area contributed by atoms with Crippen LogP contribution < -0.4 is 10.2 Å². The van der Waals surface area contributed by atoms with Gasteiger partial charge in [0, 0.05) is 38.1 Å². The monoisotopic (exact) mass is 395 g/mol. The predicted molar refractivity (Wildman–Crippen MR) is 116 cm³/mol. The zero-order valence-electron chi connectivity index (χ0n) is 16.6. The maximum atomic E-state index is 12.3. The summed E-state index contributed by atoms with van der Waals surface area (Å²) in [5, 5.41) is 12.2. The molecule has 3 aromatic rings. The average Bonchev–Trinajstić information content (AvgIpc) is 3.07. The minimum Gasteiger partial charge on any atom is -0.378 e. The molecule has 0 saturated heterocycles. The zero-order chi connectivity index (χ0) is 20.1. The van der Waals surface area contributed by atoms with Crippen LogP contribution in [0.25, 0.3) is 11.4 Å². The SMILES string of the molecule is CCc1ccccc1NC(=O)CSc1nnc(-c2ccc(N(C)C)cc2)n1C. The van der Waals surface area contributed by atoms with Gasteiger partial charge in [-0.1, -0.05) is 36.9 Å². The molecule has 146 valence electrons. The van der Waals surface area contributed by atoms with Gasteiger partial charge >= 0.3 is 0 Å². The Hall–Kier alpha value is -2.80. The lowest BCUT2D eigenvalue weighted by Gasteiger charge is -2.12. The van der Waals surface area contributed by atoms with Crippen LogP contribution in [0.1, 0.15) is 12.5 Å². The molecule has 0 spiro atoms. The second-order valence-electron chi connectivity index (χ2n) is 6.65. The number of nitrogens with one attached hydrogen (secondary N) is 1. The first-order valence-corrected chi connectivity index (χ1v) is 10.2. The van der Waals surface area contributed by atoms with Crippen molar-refractivity contribution in [1.29, 1.82) is 0 Å². The smallest absolute Gasteiger partial charge is 0.234 e. The molecule has 7 heteroatoms. The van der Waals surface area contributed by atoms with Crippen molar-refractivity contribution in [2.24, 2.45) is 7.05 Å². The van der Waals surface area contributed by atoms with Crippen LogP contribution in [0.2, 0.25) is 0 Å². The third kappa shape index (κ3) is 4.54. The highest BCUT2D eigenvalue weighted by Gasteiger charge is 2.14. The topological polar surface area (TPSA) is 63.1 Å². The molecule has 6 nitrogen and oxygen atoms in total. The highest BCUT2D eigenvalue weighted by atomic mass is 32.2. The molecule has 0 aliphatic carbocycles. The molecule has 0 unspecified atom stereocenters. The van der Waals surface area contributed by atoms with Crippen LogP contribution in [0, 0.1) is 0 Å². The summed E-state index contributed by atoms with van der Waals surface area (Å²) in [6.07, 6.45) is 0.878. The number of aryl methyl sites for hydroxylation is 1. The van der Waals surface area contributed by atoms with Crippen LogP contribution in [-0.2, 0) is 18.3 Å². The van der Waals surface area contributed by atoms with Gasteiger partial charge in [0.1, 0.15) is 0 Å². The molecule has 3 rings (SSSR count).